The van der Waals surface area contributed by atoms with Crippen molar-refractivity contribution < 1.29 is 14.6 Å². The molecular weight excluding hydrogens is 300 g/mol. The molecule has 2 aromatic rings. The number of unbranched alkanes of at least 4 members (excludes halogenated alkanes) is 4. The number of benzene rings is 2. The SMILES string of the molecule is CCCCCCCC(OC(=O)c1ccccc1O)c1ccccc1. The van der Waals surface area contributed by atoms with Crippen LogP contribution in [0.1, 0.15) is 67.5 Å². The topological polar surface area (TPSA) is 46.5 Å². The van der Waals surface area contributed by atoms with Gasteiger partial charge >= 0.3 is 5.97 Å². The molecule has 0 saturated heterocycles. The van der Waals surface area contributed by atoms with Gasteiger partial charge in [-0.25, -0.2) is 4.79 Å². The number of hydrogen-bond acceptors (Lipinski definition) is 3. The van der Waals surface area contributed by atoms with Crippen molar-refractivity contribution in [1.29, 1.82) is 0 Å². The summed E-state index contributed by atoms with van der Waals surface area (Å²) in [6.07, 6.45) is 6.36. The molecule has 0 spiro atoms. The number of esters is 1. The number of rotatable bonds is 9. The molecule has 0 saturated carbocycles. The van der Waals surface area contributed by atoms with Crippen molar-refractivity contribution >= 4 is 5.97 Å². The summed E-state index contributed by atoms with van der Waals surface area (Å²) in [7, 11) is 0. The first kappa shape index (κ1) is 18.1. The number of phenolic OH excluding ortho intramolecular Hbond substituents is 1. The molecule has 3 nitrogen and oxygen atoms in total. The van der Waals surface area contributed by atoms with Crippen LogP contribution in [0.3, 0.4) is 0 Å². The molecule has 0 fully saturated rings. The van der Waals surface area contributed by atoms with Gasteiger partial charge in [-0.2, -0.15) is 0 Å². The molecule has 0 aliphatic rings. The van der Waals surface area contributed by atoms with Crippen molar-refractivity contribution in [3.05, 3.63) is 65.7 Å². The van der Waals surface area contributed by atoms with Gasteiger partial charge < -0.3 is 9.84 Å². The summed E-state index contributed by atoms with van der Waals surface area (Å²) in [4.78, 5) is 12.4. The Morgan fingerprint density at radius 1 is 0.958 bits per heavy atom. The second-order valence-corrected chi connectivity index (χ2v) is 6.02. The van der Waals surface area contributed by atoms with Crippen LogP contribution in [0, 0.1) is 0 Å². The highest BCUT2D eigenvalue weighted by Crippen LogP contribution is 2.27. The quantitative estimate of drug-likeness (QED) is 0.478. The van der Waals surface area contributed by atoms with E-state index < -0.39 is 5.97 Å². The van der Waals surface area contributed by atoms with E-state index in [1.165, 1.54) is 25.3 Å². The fraction of sp³-hybridized carbons (Fsp3) is 0.381. The highest BCUT2D eigenvalue weighted by Gasteiger charge is 2.19. The maximum atomic E-state index is 12.4. The van der Waals surface area contributed by atoms with E-state index in [0.29, 0.717) is 0 Å². The normalized spacial score (nSPS) is 11.9. The van der Waals surface area contributed by atoms with Gasteiger partial charge in [-0.3, -0.25) is 0 Å². The predicted octanol–water partition coefficient (Wildman–Crippen LogP) is 5.65. The molecule has 0 bridgehead atoms. The van der Waals surface area contributed by atoms with E-state index in [2.05, 4.69) is 6.92 Å². The monoisotopic (exact) mass is 326 g/mol. The third-order valence-electron chi connectivity index (χ3n) is 4.11. The van der Waals surface area contributed by atoms with Crippen molar-refractivity contribution in [2.24, 2.45) is 0 Å². The Morgan fingerprint density at radius 3 is 2.33 bits per heavy atom. The van der Waals surface area contributed by atoms with Crippen LogP contribution >= 0.6 is 0 Å². The fourth-order valence-electron chi connectivity index (χ4n) is 2.73. The summed E-state index contributed by atoms with van der Waals surface area (Å²) in [5.74, 6) is -0.521. The largest absolute Gasteiger partial charge is 0.507 e. The first-order valence-corrected chi connectivity index (χ1v) is 8.76. The third kappa shape index (κ3) is 5.41. The van der Waals surface area contributed by atoms with Crippen LogP contribution in [0.25, 0.3) is 0 Å². The number of hydrogen-bond donors (Lipinski definition) is 1. The maximum Gasteiger partial charge on any atom is 0.342 e. The Labute approximate surface area is 144 Å². The van der Waals surface area contributed by atoms with E-state index in [-0.39, 0.29) is 17.4 Å². The summed E-state index contributed by atoms with van der Waals surface area (Å²) in [6.45, 7) is 2.20. The lowest BCUT2D eigenvalue weighted by Gasteiger charge is -2.19. The summed E-state index contributed by atoms with van der Waals surface area (Å²) < 4.78 is 5.71. The highest BCUT2D eigenvalue weighted by molar-refractivity contribution is 5.92. The van der Waals surface area contributed by atoms with Crippen molar-refractivity contribution in [3.8, 4) is 5.75 Å². The molecule has 2 rings (SSSR count). The van der Waals surface area contributed by atoms with Gasteiger partial charge in [-0.15, -0.1) is 0 Å². The van der Waals surface area contributed by atoms with Gasteiger partial charge in [0.1, 0.15) is 17.4 Å². The van der Waals surface area contributed by atoms with Crippen LogP contribution in [0.15, 0.2) is 54.6 Å². The molecule has 1 atom stereocenters. The van der Waals surface area contributed by atoms with Crippen LogP contribution in [0.5, 0.6) is 5.75 Å². The Bertz CT molecular complexity index is 622. The van der Waals surface area contributed by atoms with E-state index in [0.717, 1.165) is 24.8 Å². The molecule has 24 heavy (non-hydrogen) atoms. The number of ether oxygens (including phenoxy) is 1. The zero-order valence-corrected chi connectivity index (χ0v) is 14.3. The maximum absolute atomic E-state index is 12.4. The van der Waals surface area contributed by atoms with Crippen molar-refractivity contribution in [3.63, 3.8) is 0 Å². The van der Waals surface area contributed by atoms with E-state index in [1.807, 2.05) is 30.3 Å². The van der Waals surface area contributed by atoms with Gasteiger partial charge in [-0.05, 0) is 30.5 Å². The minimum Gasteiger partial charge on any atom is -0.507 e. The Kier molecular flexibility index (Phi) is 7.34. The number of carbonyl (C=O) groups excluding carboxylic acids is 1. The molecule has 2 aromatic carbocycles. The van der Waals surface area contributed by atoms with Gasteiger partial charge in [0.05, 0.1) is 0 Å². The average Bonchev–Trinajstić information content (AvgIpc) is 2.61. The molecular formula is C21H26O3. The van der Waals surface area contributed by atoms with Crippen molar-refractivity contribution in [2.75, 3.05) is 0 Å². The molecule has 1 unspecified atom stereocenters. The molecule has 128 valence electrons. The van der Waals surface area contributed by atoms with Gasteiger partial charge in [0, 0.05) is 0 Å². The van der Waals surface area contributed by atoms with Crippen molar-refractivity contribution in [2.45, 2.75) is 51.6 Å². The van der Waals surface area contributed by atoms with Crippen LogP contribution in [0.2, 0.25) is 0 Å². The van der Waals surface area contributed by atoms with Crippen LogP contribution in [0.4, 0.5) is 0 Å². The Hall–Kier alpha value is -2.29. The first-order valence-electron chi connectivity index (χ1n) is 8.76. The van der Waals surface area contributed by atoms with E-state index >= 15 is 0 Å². The van der Waals surface area contributed by atoms with Gasteiger partial charge in [0.15, 0.2) is 0 Å². The molecule has 0 heterocycles. The van der Waals surface area contributed by atoms with E-state index in [9.17, 15) is 9.90 Å². The molecule has 1 N–H and O–H groups in total. The lowest BCUT2D eigenvalue weighted by molar-refractivity contribution is 0.0267. The standard InChI is InChI=1S/C21H26O3/c1-2-3-4-5-9-16-20(17-12-7-6-8-13-17)24-21(23)18-14-10-11-15-19(18)22/h6-8,10-15,20,22H,2-5,9,16H2,1H3. The lowest BCUT2D eigenvalue weighted by atomic mass is 10.0. The first-order chi connectivity index (χ1) is 11.7. The number of phenols is 1. The van der Waals surface area contributed by atoms with Gasteiger partial charge in [-0.1, -0.05) is 75.1 Å². The second-order valence-electron chi connectivity index (χ2n) is 6.02. The number of carbonyl (C=O) groups is 1. The minimum absolute atomic E-state index is 0.0442. The van der Waals surface area contributed by atoms with Crippen LogP contribution < -0.4 is 0 Å². The summed E-state index contributed by atoms with van der Waals surface area (Å²) in [5, 5.41) is 9.84. The van der Waals surface area contributed by atoms with E-state index in [1.54, 1.807) is 18.2 Å². The molecule has 3 heteroatoms. The number of para-hydroxylation sites is 1. The molecule has 0 aliphatic carbocycles. The van der Waals surface area contributed by atoms with Crippen molar-refractivity contribution in [1.82, 2.24) is 0 Å². The highest BCUT2D eigenvalue weighted by atomic mass is 16.5. The average molecular weight is 326 g/mol. The Balaban J connectivity index is 2.03. The molecule has 0 radical (unpaired) electrons. The minimum atomic E-state index is -0.476. The van der Waals surface area contributed by atoms with Crippen LogP contribution in [-0.2, 0) is 4.74 Å². The third-order valence-corrected chi connectivity index (χ3v) is 4.11. The molecule has 0 aliphatic heterocycles. The van der Waals surface area contributed by atoms with Crippen LogP contribution in [-0.4, -0.2) is 11.1 Å². The van der Waals surface area contributed by atoms with E-state index in [4.69, 9.17) is 4.74 Å². The fourth-order valence-corrected chi connectivity index (χ4v) is 2.73. The number of aromatic hydroxyl groups is 1. The van der Waals surface area contributed by atoms with Gasteiger partial charge in [0.2, 0.25) is 0 Å². The Morgan fingerprint density at radius 2 is 1.62 bits per heavy atom. The summed E-state index contributed by atoms with van der Waals surface area (Å²) >= 11 is 0. The second kappa shape index (κ2) is 9.76. The lowest BCUT2D eigenvalue weighted by Crippen LogP contribution is -2.12. The zero-order valence-electron chi connectivity index (χ0n) is 14.3. The smallest absolute Gasteiger partial charge is 0.342 e. The van der Waals surface area contributed by atoms with Gasteiger partial charge in [0.25, 0.3) is 0 Å². The molecule has 0 amide bonds. The molecule has 0 aromatic heterocycles. The zero-order chi connectivity index (χ0) is 17.2. The summed E-state index contributed by atoms with van der Waals surface area (Å²) in [6, 6.07) is 16.3. The summed E-state index contributed by atoms with van der Waals surface area (Å²) in [5.41, 5.74) is 1.21. The predicted molar refractivity (Wildman–Crippen MR) is 96.1 cm³/mol.